The number of nitrogens with zero attached hydrogens (tertiary/aromatic N) is 2. The number of likely N-dealkylation sites (tertiary alicyclic amines) is 1. The number of carboxylic acid groups (broad SMARTS) is 1. The Morgan fingerprint density at radius 3 is 2.64 bits per heavy atom. The van der Waals surface area contributed by atoms with E-state index in [1.807, 2.05) is 0 Å². The van der Waals surface area contributed by atoms with E-state index in [0.717, 1.165) is 5.56 Å². The van der Waals surface area contributed by atoms with Crippen molar-refractivity contribution in [3.8, 4) is 17.6 Å². The molecule has 1 aromatic heterocycles. The van der Waals surface area contributed by atoms with E-state index in [0.29, 0.717) is 54.7 Å². The first-order valence-electron chi connectivity index (χ1n) is 11.8. The van der Waals surface area contributed by atoms with Gasteiger partial charge in [0.2, 0.25) is 0 Å². The molecule has 3 aromatic rings. The van der Waals surface area contributed by atoms with E-state index >= 15 is 4.39 Å². The molecule has 0 spiro atoms. The van der Waals surface area contributed by atoms with Gasteiger partial charge in [0, 0.05) is 35.8 Å². The fourth-order valence-electron chi connectivity index (χ4n) is 4.66. The number of aliphatic carboxylic acids is 1. The Bertz CT molecular complexity index is 1300. The van der Waals surface area contributed by atoms with Crippen molar-refractivity contribution in [3.63, 3.8) is 0 Å². The van der Waals surface area contributed by atoms with E-state index in [2.05, 4.69) is 21.7 Å². The van der Waals surface area contributed by atoms with Crippen molar-refractivity contribution in [1.29, 1.82) is 0 Å². The highest BCUT2D eigenvalue weighted by atomic mass is 35.5. The molecule has 0 radical (unpaired) electrons. The molecule has 1 aliphatic heterocycles. The Morgan fingerprint density at radius 1 is 1.25 bits per heavy atom. The Hall–Kier alpha value is -3.21. The first kappa shape index (κ1) is 25.9. The van der Waals surface area contributed by atoms with Crippen LogP contribution in [0.3, 0.4) is 0 Å². The van der Waals surface area contributed by atoms with Crippen LogP contribution in [0.25, 0.3) is 10.9 Å². The van der Waals surface area contributed by atoms with Crippen LogP contribution in [-0.4, -0.2) is 47.7 Å². The van der Waals surface area contributed by atoms with Crippen LogP contribution < -0.4 is 4.74 Å². The van der Waals surface area contributed by atoms with Crippen molar-refractivity contribution in [1.82, 2.24) is 9.88 Å². The summed E-state index contributed by atoms with van der Waals surface area (Å²) in [6.45, 7) is 1.59. The molecule has 0 aliphatic carbocycles. The molecule has 8 heteroatoms. The number of carboxylic acids is 1. The Kier molecular flexibility index (Phi) is 8.07. The molecule has 5 nitrogen and oxygen atoms in total. The number of aromatic nitrogens is 1. The van der Waals surface area contributed by atoms with E-state index in [4.69, 9.17) is 16.3 Å². The number of carbonyl (C=O) groups is 1. The second-order valence-corrected chi connectivity index (χ2v) is 9.49. The van der Waals surface area contributed by atoms with Crippen LogP contribution in [0, 0.1) is 23.1 Å². The van der Waals surface area contributed by atoms with Gasteiger partial charge in [0.1, 0.15) is 17.7 Å². The van der Waals surface area contributed by atoms with Gasteiger partial charge in [0.05, 0.1) is 29.6 Å². The molecule has 36 heavy (non-hydrogen) atoms. The number of ether oxygens (including phenoxy) is 1. The van der Waals surface area contributed by atoms with Gasteiger partial charge in [-0.15, -0.1) is 0 Å². The lowest BCUT2D eigenvalue weighted by molar-refractivity contribution is -0.152. The second kappa shape index (κ2) is 11.2. The van der Waals surface area contributed by atoms with E-state index in [1.54, 1.807) is 30.3 Å². The number of hydrogen-bond donors (Lipinski definition) is 1. The zero-order chi connectivity index (χ0) is 25.7. The van der Waals surface area contributed by atoms with E-state index in [-0.39, 0.29) is 23.7 Å². The summed E-state index contributed by atoms with van der Waals surface area (Å²) >= 11 is 6.33. The minimum absolute atomic E-state index is 0.0344. The lowest BCUT2D eigenvalue weighted by atomic mass is 9.74. The molecule has 1 saturated heterocycles. The molecule has 0 unspecified atom stereocenters. The van der Waals surface area contributed by atoms with Gasteiger partial charge >= 0.3 is 5.97 Å². The minimum atomic E-state index is -1.44. The maximum atomic E-state index is 15.6. The molecular weight excluding hydrogens is 486 g/mol. The number of alkyl halides is 1. The lowest BCUT2D eigenvalue weighted by Gasteiger charge is -2.38. The number of pyridine rings is 1. The molecule has 188 valence electrons. The molecule has 0 saturated carbocycles. The van der Waals surface area contributed by atoms with Crippen LogP contribution in [0.1, 0.15) is 43.0 Å². The largest absolute Gasteiger partial charge is 0.497 e. The van der Waals surface area contributed by atoms with Gasteiger partial charge in [-0.05, 0) is 68.1 Å². The third kappa shape index (κ3) is 5.77. The number of fused-ring (bicyclic) bond motifs is 1. The van der Waals surface area contributed by atoms with Crippen molar-refractivity contribution in [2.45, 2.75) is 31.9 Å². The van der Waals surface area contributed by atoms with Crippen molar-refractivity contribution >= 4 is 28.5 Å². The maximum absolute atomic E-state index is 15.6. The molecule has 1 fully saturated rings. The predicted octanol–water partition coefficient (Wildman–Crippen LogP) is 6.05. The SMILES string of the molecule is COc1ccc2ncc(Cl)c([C@H](F)CCC3(C(=O)O)CCN(CC#Cc4ccc(F)cc4)CC3)c2c1. The fraction of sp³-hybridized carbons (Fsp3) is 0.357. The van der Waals surface area contributed by atoms with Crippen molar-refractivity contribution in [2.75, 3.05) is 26.7 Å². The highest BCUT2D eigenvalue weighted by Gasteiger charge is 2.41. The fourth-order valence-corrected chi connectivity index (χ4v) is 4.93. The monoisotopic (exact) mass is 512 g/mol. The first-order chi connectivity index (χ1) is 17.3. The number of piperidine rings is 1. The third-order valence-electron chi connectivity index (χ3n) is 6.90. The molecule has 1 N–H and O–H groups in total. The summed E-state index contributed by atoms with van der Waals surface area (Å²) in [6.07, 6.45) is 1.04. The van der Waals surface area contributed by atoms with E-state index in [9.17, 15) is 14.3 Å². The minimum Gasteiger partial charge on any atom is -0.497 e. The number of rotatable bonds is 7. The van der Waals surface area contributed by atoms with E-state index < -0.39 is 17.6 Å². The van der Waals surface area contributed by atoms with Crippen molar-refractivity contribution in [3.05, 3.63) is 70.6 Å². The average Bonchev–Trinajstić information content (AvgIpc) is 2.88. The number of halogens is 3. The first-order valence-corrected chi connectivity index (χ1v) is 12.2. The summed E-state index contributed by atoms with van der Waals surface area (Å²) in [7, 11) is 1.53. The molecule has 1 atom stereocenters. The molecule has 2 heterocycles. The molecular formula is C28H27ClF2N2O3. The van der Waals surface area contributed by atoms with E-state index in [1.165, 1.54) is 25.4 Å². The summed E-state index contributed by atoms with van der Waals surface area (Å²) in [5, 5.41) is 10.8. The highest BCUT2D eigenvalue weighted by Crippen LogP contribution is 2.42. The van der Waals surface area contributed by atoms with Crippen LogP contribution in [0.4, 0.5) is 8.78 Å². The summed E-state index contributed by atoms with van der Waals surface area (Å²) in [5.74, 6) is 5.42. The zero-order valence-corrected chi connectivity index (χ0v) is 20.7. The average molecular weight is 513 g/mol. The van der Waals surface area contributed by atoms with Gasteiger partial charge in [-0.1, -0.05) is 23.4 Å². The number of methoxy groups -OCH3 is 1. The maximum Gasteiger partial charge on any atom is 0.309 e. The van der Waals surface area contributed by atoms with Crippen LogP contribution in [0.2, 0.25) is 5.02 Å². The standard InChI is InChI=1S/C28H27ClF2N2O3/c1-36-21-8-9-25-22(17-21)26(23(29)18-32-25)24(31)10-11-28(27(34)35)12-15-33(16-13-28)14-2-3-19-4-6-20(30)7-5-19/h4-9,17-18,24H,10-16H2,1H3,(H,34,35)/t24-/m1/s1. The van der Waals surface area contributed by atoms with Gasteiger partial charge in [-0.25, -0.2) is 8.78 Å². The Labute approximate surface area is 214 Å². The number of benzene rings is 2. The van der Waals surface area contributed by atoms with Crippen molar-refractivity contribution in [2.24, 2.45) is 5.41 Å². The topological polar surface area (TPSA) is 62.7 Å². The zero-order valence-electron chi connectivity index (χ0n) is 19.9. The van der Waals surface area contributed by atoms with Gasteiger partial charge in [-0.2, -0.15) is 0 Å². The van der Waals surface area contributed by atoms with Crippen LogP contribution >= 0.6 is 11.6 Å². The van der Waals surface area contributed by atoms with Crippen LogP contribution in [0.15, 0.2) is 48.7 Å². The second-order valence-electron chi connectivity index (χ2n) is 9.08. The van der Waals surface area contributed by atoms with Crippen LogP contribution in [-0.2, 0) is 4.79 Å². The molecule has 4 rings (SSSR count). The molecule has 2 aromatic carbocycles. The van der Waals surface area contributed by atoms with Gasteiger partial charge in [0.25, 0.3) is 0 Å². The smallest absolute Gasteiger partial charge is 0.309 e. The van der Waals surface area contributed by atoms with Gasteiger partial charge < -0.3 is 9.84 Å². The summed E-state index contributed by atoms with van der Waals surface area (Å²) in [6, 6.07) is 11.2. The number of hydrogen-bond acceptors (Lipinski definition) is 4. The molecule has 0 bridgehead atoms. The highest BCUT2D eigenvalue weighted by molar-refractivity contribution is 6.32. The quantitative estimate of drug-likeness (QED) is 0.391. The Balaban J connectivity index is 1.41. The lowest BCUT2D eigenvalue weighted by Crippen LogP contribution is -2.44. The summed E-state index contributed by atoms with van der Waals surface area (Å²) in [5.41, 5.74) is 0.635. The summed E-state index contributed by atoms with van der Waals surface area (Å²) in [4.78, 5) is 18.6. The van der Waals surface area contributed by atoms with Crippen LogP contribution in [0.5, 0.6) is 5.75 Å². The normalized spacial score (nSPS) is 16.2. The molecule has 1 aliphatic rings. The van der Waals surface area contributed by atoms with Gasteiger partial charge in [0.15, 0.2) is 0 Å². The predicted molar refractivity (Wildman–Crippen MR) is 135 cm³/mol. The third-order valence-corrected chi connectivity index (χ3v) is 7.21. The van der Waals surface area contributed by atoms with Crippen molar-refractivity contribution < 1.29 is 23.4 Å². The summed E-state index contributed by atoms with van der Waals surface area (Å²) < 4.78 is 33.9. The Morgan fingerprint density at radius 2 is 1.97 bits per heavy atom. The molecule has 0 amide bonds. The van der Waals surface area contributed by atoms with Gasteiger partial charge in [-0.3, -0.25) is 14.7 Å².